The molecule has 0 aliphatic carbocycles. The summed E-state index contributed by atoms with van der Waals surface area (Å²) in [6, 6.07) is 16.0. The van der Waals surface area contributed by atoms with Crippen molar-refractivity contribution >= 4 is 35.1 Å². The molecule has 0 aromatic heterocycles. The van der Waals surface area contributed by atoms with Gasteiger partial charge in [-0.2, -0.15) is 0 Å². The van der Waals surface area contributed by atoms with Crippen LogP contribution in [-0.2, 0) is 0 Å². The van der Waals surface area contributed by atoms with Gasteiger partial charge in [0.1, 0.15) is 5.75 Å². The zero-order valence-corrected chi connectivity index (χ0v) is 17.1. The van der Waals surface area contributed by atoms with E-state index in [9.17, 15) is 0 Å². The fourth-order valence-electron chi connectivity index (χ4n) is 2.75. The second-order valence-electron chi connectivity index (χ2n) is 6.07. The molecule has 2 aromatic carbocycles. The molecule has 1 unspecified atom stereocenters. The van der Waals surface area contributed by atoms with Crippen LogP contribution in [0.15, 0.2) is 53.4 Å². The minimum atomic E-state index is 0.191. The summed E-state index contributed by atoms with van der Waals surface area (Å²) in [4.78, 5) is 1.29. The number of halogens is 1. The lowest BCUT2D eigenvalue weighted by atomic mass is 10.1. The highest BCUT2D eigenvalue weighted by Crippen LogP contribution is 2.47. The van der Waals surface area contributed by atoms with Crippen molar-refractivity contribution in [1.82, 2.24) is 5.32 Å². The Morgan fingerprint density at radius 1 is 1.19 bits per heavy atom. The van der Waals surface area contributed by atoms with E-state index in [-0.39, 0.29) is 4.08 Å². The van der Waals surface area contributed by atoms with Crippen LogP contribution in [0.1, 0.15) is 24.8 Å². The molecule has 1 atom stereocenters. The molecule has 0 bridgehead atoms. The van der Waals surface area contributed by atoms with Gasteiger partial charge in [-0.25, -0.2) is 0 Å². The topological polar surface area (TPSA) is 21.3 Å². The molecule has 1 aliphatic rings. The first-order valence-corrected chi connectivity index (χ1v) is 10.8. The van der Waals surface area contributed by atoms with Gasteiger partial charge in [0.15, 0.2) is 0 Å². The van der Waals surface area contributed by atoms with Crippen LogP contribution in [0.2, 0.25) is 5.02 Å². The van der Waals surface area contributed by atoms with Gasteiger partial charge in [0.25, 0.3) is 0 Å². The van der Waals surface area contributed by atoms with Crippen LogP contribution in [0.5, 0.6) is 5.75 Å². The van der Waals surface area contributed by atoms with Crippen molar-refractivity contribution in [2.75, 3.05) is 19.5 Å². The number of hydrogen-bond acceptors (Lipinski definition) is 4. The van der Waals surface area contributed by atoms with Gasteiger partial charge < -0.3 is 10.1 Å². The van der Waals surface area contributed by atoms with E-state index in [0.717, 1.165) is 48.0 Å². The molecular weight excluding hydrogens is 382 g/mol. The van der Waals surface area contributed by atoms with Gasteiger partial charge >= 0.3 is 0 Å². The summed E-state index contributed by atoms with van der Waals surface area (Å²) >= 11 is 9.87. The van der Waals surface area contributed by atoms with E-state index in [1.807, 2.05) is 59.9 Å². The third-order valence-electron chi connectivity index (χ3n) is 4.13. The number of ether oxygens (including phenoxy) is 1. The summed E-state index contributed by atoms with van der Waals surface area (Å²) in [6.07, 6.45) is 3.14. The van der Waals surface area contributed by atoms with Gasteiger partial charge in [-0.15, -0.1) is 23.5 Å². The maximum atomic E-state index is 5.90. The number of benzene rings is 2. The number of nitrogens with one attached hydrogen (secondary N) is 1. The van der Waals surface area contributed by atoms with Crippen LogP contribution < -0.4 is 10.1 Å². The van der Waals surface area contributed by atoms with Gasteiger partial charge in [-0.1, -0.05) is 23.4 Å². The molecule has 136 valence electrons. The summed E-state index contributed by atoms with van der Waals surface area (Å²) in [5.41, 5.74) is 1.02. The van der Waals surface area contributed by atoms with Crippen LogP contribution in [0, 0.1) is 11.8 Å². The number of methoxy groups -OCH3 is 1. The van der Waals surface area contributed by atoms with Crippen LogP contribution in [0.4, 0.5) is 0 Å². The van der Waals surface area contributed by atoms with E-state index < -0.39 is 0 Å². The van der Waals surface area contributed by atoms with Crippen molar-refractivity contribution in [2.24, 2.45) is 0 Å². The standard InChI is InChI=1S/C21H22ClNOS2/c1-24-19-10-12-20(13-11-19)26-21(15-23-16-25-21)14-4-2-3-5-17-6-8-18(22)9-7-17/h6-13,23H,2,4,14-16H2,1H3. The lowest BCUT2D eigenvalue weighted by Gasteiger charge is -2.26. The quantitative estimate of drug-likeness (QED) is 0.496. The second-order valence-corrected chi connectivity index (χ2v) is 9.58. The van der Waals surface area contributed by atoms with Gasteiger partial charge in [-0.3, -0.25) is 0 Å². The molecule has 5 heteroatoms. The normalized spacial score (nSPS) is 19.0. The van der Waals surface area contributed by atoms with Gasteiger partial charge in [0, 0.05) is 34.3 Å². The van der Waals surface area contributed by atoms with E-state index in [1.165, 1.54) is 4.90 Å². The minimum absolute atomic E-state index is 0.191. The fourth-order valence-corrected chi connectivity index (χ4v) is 5.66. The van der Waals surface area contributed by atoms with Crippen molar-refractivity contribution in [3.8, 4) is 17.6 Å². The average Bonchev–Trinajstić information content (AvgIpc) is 3.12. The van der Waals surface area contributed by atoms with E-state index in [1.54, 1.807) is 7.11 Å². The highest BCUT2D eigenvalue weighted by molar-refractivity contribution is 8.18. The predicted octanol–water partition coefficient (Wildman–Crippen LogP) is 5.65. The molecule has 1 N–H and O–H groups in total. The maximum absolute atomic E-state index is 5.90. The van der Waals surface area contributed by atoms with Crippen molar-refractivity contribution in [2.45, 2.75) is 28.2 Å². The van der Waals surface area contributed by atoms with Crippen LogP contribution in [-0.4, -0.2) is 23.6 Å². The number of hydrogen-bond donors (Lipinski definition) is 1. The zero-order chi connectivity index (χ0) is 18.2. The molecule has 1 aliphatic heterocycles. The maximum Gasteiger partial charge on any atom is 0.118 e. The van der Waals surface area contributed by atoms with E-state index >= 15 is 0 Å². The predicted molar refractivity (Wildman–Crippen MR) is 114 cm³/mol. The van der Waals surface area contributed by atoms with Crippen LogP contribution >= 0.6 is 35.1 Å². The molecule has 2 nitrogen and oxygen atoms in total. The van der Waals surface area contributed by atoms with Gasteiger partial charge in [0.05, 0.1) is 11.2 Å². The van der Waals surface area contributed by atoms with Crippen LogP contribution in [0.25, 0.3) is 0 Å². The molecule has 26 heavy (non-hydrogen) atoms. The smallest absolute Gasteiger partial charge is 0.118 e. The first kappa shape index (κ1) is 19.5. The van der Waals surface area contributed by atoms with E-state index in [2.05, 4.69) is 29.3 Å². The Labute approximate surface area is 169 Å². The summed E-state index contributed by atoms with van der Waals surface area (Å²) < 4.78 is 5.44. The van der Waals surface area contributed by atoms with Gasteiger partial charge in [-0.05, 0) is 61.4 Å². The molecule has 2 aromatic rings. The highest BCUT2D eigenvalue weighted by atomic mass is 35.5. The molecule has 0 radical (unpaired) electrons. The van der Waals surface area contributed by atoms with Crippen LogP contribution in [0.3, 0.4) is 0 Å². The highest BCUT2D eigenvalue weighted by Gasteiger charge is 2.35. The molecule has 0 amide bonds. The average molecular weight is 404 g/mol. The summed E-state index contributed by atoms with van der Waals surface area (Å²) in [5.74, 6) is 8.43. The van der Waals surface area contributed by atoms with E-state index in [0.29, 0.717) is 0 Å². The molecule has 1 fully saturated rings. The Hall–Kier alpha value is -1.25. The Kier molecular flexibility index (Phi) is 7.22. The molecule has 0 spiro atoms. The number of thioether (sulfide) groups is 2. The first-order chi connectivity index (χ1) is 12.7. The molecule has 1 heterocycles. The Morgan fingerprint density at radius 2 is 1.96 bits per heavy atom. The Morgan fingerprint density at radius 3 is 2.62 bits per heavy atom. The van der Waals surface area contributed by atoms with E-state index in [4.69, 9.17) is 16.3 Å². The van der Waals surface area contributed by atoms with Crippen molar-refractivity contribution < 1.29 is 4.74 Å². The summed E-state index contributed by atoms with van der Waals surface area (Å²) in [7, 11) is 1.70. The second kappa shape index (κ2) is 9.62. The molecule has 3 rings (SSSR count). The van der Waals surface area contributed by atoms with Crippen molar-refractivity contribution in [3.63, 3.8) is 0 Å². The minimum Gasteiger partial charge on any atom is -0.497 e. The number of rotatable bonds is 6. The zero-order valence-electron chi connectivity index (χ0n) is 14.8. The third kappa shape index (κ3) is 5.62. The van der Waals surface area contributed by atoms with Crippen molar-refractivity contribution in [1.29, 1.82) is 0 Å². The summed E-state index contributed by atoms with van der Waals surface area (Å²) in [5, 5.41) is 4.25. The fraction of sp³-hybridized carbons (Fsp3) is 0.333. The SMILES string of the molecule is COc1ccc(SC2(CCCC#Cc3ccc(Cl)cc3)CNCS2)cc1. The number of unbranched alkanes of at least 4 members (excludes halogenated alkanes) is 1. The lowest BCUT2D eigenvalue weighted by molar-refractivity contribution is 0.414. The lowest BCUT2D eigenvalue weighted by Crippen LogP contribution is -2.25. The Bertz CT molecular complexity index is 759. The first-order valence-electron chi connectivity index (χ1n) is 8.61. The molecule has 1 saturated heterocycles. The molecule has 0 saturated carbocycles. The van der Waals surface area contributed by atoms with Gasteiger partial charge in [0.2, 0.25) is 0 Å². The third-order valence-corrected chi connectivity index (χ3v) is 7.44. The monoisotopic (exact) mass is 403 g/mol. The Balaban J connectivity index is 1.54. The largest absolute Gasteiger partial charge is 0.497 e. The summed E-state index contributed by atoms with van der Waals surface area (Å²) in [6.45, 7) is 1.03. The molecular formula is C21H22ClNOS2. The van der Waals surface area contributed by atoms with Crippen molar-refractivity contribution in [3.05, 3.63) is 59.1 Å².